The van der Waals surface area contributed by atoms with E-state index in [4.69, 9.17) is 16.3 Å². The van der Waals surface area contributed by atoms with Crippen LogP contribution in [0.5, 0.6) is 0 Å². The lowest BCUT2D eigenvalue weighted by molar-refractivity contribution is -0.0240. The molecular formula is C9H13ClN2OS. The fraction of sp³-hybridized carbons (Fsp3) is 0.778. The van der Waals surface area contributed by atoms with Crippen molar-refractivity contribution in [1.29, 1.82) is 0 Å². The predicted molar refractivity (Wildman–Crippen MR) is 56.8 cm³/mol. The molecule has 0 amide bonds. The Morgan fingerprint density at radius 1 is 1.50 bits per heavy atom. The predicted octanol–water partition coefficient (Wildman–Crippen LogP) is 2.55. The first kappa shape index (κ1) is 10.3. The second-order valence-corrected chi connectivity index (χ2v) is 5.21. The van der Waals surface area contributed by atoms with Gasteiger partial charge in [0.2, 0.25) is 4.47 Å². The van der Waals surface area contributed by atoms with Crippen molar-refractivity contribution >= 4 is 22.9 Å². The van der Waals surface area contributed by atoms with E-state index in [1.807, 2.05) is 6.92 Å². The third-order valence-electron chi connectivity index (χ3n) is 2.50. The van der Waals surface area contributed by atoms with Crippen molar-refractivity contribution in [2.75, 3.05) is 6.61 Å². The molecule has 0 aliphatic heterocycles. The number of hydrogen-bond donors (Lipinski definition) is 0. The Morgan fingerprint density at radius 3 is 2.86 bits per heavy atom. The molecule has 0 saturated heterocycles. The van der Waals surface area contributed by atoms with Gasteiger partial charge in [-0.25, -0.2) is 0 Å². The highest BCUT2D eigenvalue weighted by molar-refractivity contribution is 7.15. The topological polar surface area (TPSA) is 35.0 Å². The van der Waals surface area contributed by atoms with E-state index in [1.165, 1.54) is 11.3 Å². The molecule has 0 N–H and O–H groups in total. The third-order valence-corrected chi connectivity index (χ3v) is 3.54. The molecule has 2 rings (SSSR count). The lowest BCUT2D eigenvalue weighted by Gasteiger charge is -2.34. The Labute approximate surface area is 92.4 Å². The van der Waals surface area contributed by atoms with Crippen LogP contribution in [0.3, 0.4) is 0 Å². The molecule has 5 heteroatoms. The number of rotatable bonds is 4. The van der Waals surface area contributed by atoms with Crippen LogP contribution >= 0.6 is 22.9 Å². The zero-order valence-corrected chi connectivity index (χ0v) is 9.64. The summed E-state index contributed by atoms with van der Waals surface area (Å²) in [6, 6.07) is 0. The van der Waals surface area contributed by atoms with Crippen LogP contribution < -0.4 is 0 Å². The van der Waals surface area contributed by atoms with Crippen molar-refractivity contribution in [2.24, 2.45) is 5.92 Å². The van der Waals surface area contributed by atoms with E-state index in [0.717, 1.165) is 36.8 Å². The van der Waals surface area contributed by atoms with E-state index in [9.17, 15) is 0 Å². The van der Waals surface area contributed by atoms with Crippen LogP contribution in [0.15, 0.2) is 0 Å². The van der Waals surface area contributed by atoms with Crippen LogP contribution in [-0.2, 0) is 11.2 Å². The van der Waals surface area contributed by atoms with Crippen LogP contribution in [0.25, 0.3) is 0 Å². The van der Waals surface area contributed by atoms with Gasteiger partial charge in [-0.15, -0.1) is 10.2 Å². The van der Waals surface area contributed by atoms with Crippen molar-refractivity contribution in [3.63, 3.8) is 0 Å². The summed E-state index contributed by atoms with van der Waals surface area (Å²) in [7, 11) is 0. The SMILES string of the molecule is CCOC1CC(Cc2nnc(Cl)s2)C1. The minimum atomic E-state index is 0.480. The number of nitrogens with zero attached hydrogens (tertiary/aromatic N) is 2. The van der Waals surface area contributed by atoms with E-state index >= 15 is 0 Å². The summed E-state index contributed by atoms with van der Waals surface area (Å²) >= 11 is 7.19. The van der Waals surface area contributed by atoms with Crippen LogP contribution in [0.4, 0.5) is 0 Å². The summed E-state index contributed by atoms with van der Waals surface area (Å²) in [4.78, 5) is 0. The van der Waals surface area contributed by atoms with E-state index in [0.29, 0.717) is 10.6 Å². The van der Waals surface area contributed by atoms with Gasteiger partial charge in [-0.1, -0.05) is 11.3 Å². The van der Waals surface area contributed by atoms with Gasteiger partial charge in [-0.3, -0.25) is 0 Å². The standard InChI is InChI=1S/C9H13ClN2OS/c1-2-13-7-3-6(4-7)5-8-11-12-9(10)14-8/h6-7H,2-5H2,1H3. The van der Waals surface area contributed by atoms with Gasteiger partial charge in [-0.05, 0) is 37.3 Å². The maximum atomic E-state index is 5.70. The smallest absolute Gasteiger partial charge is 0.207 e. The number of ether oxygens (including phenoxy) is 1. The van der Waals surface area contributed by atoms with Gasteiger partial charge in [-0.2, -0.15) is 0 Å². The zero-order chi connectivity index (χ0) is 9.97. The van der Waals surface area contributed by atoms with Crippen LogP contribution in [-0.4, -0.2) is 22.9 Å². The lowest BCUT2D eigenvalue weighted by atomic mass is 9.80. The van der Waals surface area contributed by atoms with Crippen molar-refractivity contribution in [1.82, 2.24) is 10.2 Å². The molecule has 0 radical (unpaired) electrons. The van der Waals surface area contributed by atoms with Crippen molar-refractivity contribution in [2.45, 2.75) is 32.3 Å². The average molecular weight is 233 g/mol. The highest BCUT2D eigenvalue weighted by Gasteiger charge is 2.30. The van der Waals surface area contributed by atoms with Crippen molar-refractivity contribution < 1.29 is 4.74 Å². The summed E-state index contributed by atoms with van der Waals surface area (Å²) < 4.78 is 6.03. The number of hydrogen-bond acceptors (Lipinski definition) is 4. The third kappa shape index (κ3) is 2.43. The molecule has 0 spiro atoms. The lowest BCUT2D eigenvalue weighted by Crippen LogP contribution is -2.32. The zero-order valence-electron chi connectivity index (χ0n) is 8.07. The van der Waals surface area contributed by atoms with Crippen LogP contribution in [0.1, 0.15) is 24.8 Å². The fourth-order valence-electron chi connectivity index (χ4n) is 1.78. The van der Waals surface area contributed by atoms with Gasteiger partial charge >= 0.3 is 0 Å². The first-order valence-electron chi connectivity index (χ1n) is 4.87. The molecule has 3 nitrogen and oxygen atoms in total. The first-order valence-corrected chi connectivity index (χ1v) is 6.07. The quantitative estimate of drug-likeness (QED) is 0.800. The molecule has 0 aromatic carbocycles. The summed E-state index contributed by atoms with van der Waals surface area (Å²) in [5, 5.41) is 8.84. The molecule has 0 unspecified atom stereocenters. The molecule has 0 bridgehead atoms. The Kier molecular flexibility index (Phi) is 3.36. The van der Waals surface area contributed by atoms with Crippen LogP contribution in [0.2, 0.25) is 4.47 Å². The maximum Gasteiger partial charge on any atom is 0.207 e. The monoisotopic (exact) mass is 232 g/mol. The Morgan fingerprint density at radius 2 is 2.29 bits per heavy atom. The molecule has 1 heterocycles. The Balaban J connectivity index is 1.74. The molecule has 1 aliphatic rings. The number of halogens is 1. The second-order valence-electron chi connectivity index (χ2n) is 3.57. The Hall–Kier alpha value is -0.190. The van der Waals surface area contributed by atoms with Gasteiger partial charge in [0, 0.05) is 13.0 Å². The average Bonchev–Trinajstić information content (AvgIpc) is 2.48. The van der Waals surface area contributed by atoms with Gasteiger partial charge in [0.25, 0.3) is 0 Å². The normalized spacial score (nSPS) is 26.1. The summed E-state index contributed by atoms with van der Waals surface area (Å²) in [5.74, 6) is 0.718. The fourth-order valence-corrected chi connectivity index (χ4v) is 2.76. The van der Waals surface area contributed by atoms with Gasteiger partial charge in [0.05, 0.1) is 6.10 Å². The summed E-state index contributed by atoms with van der Waals surface area (Å²) in [6.07, 6.45) is 3.80. The molecule has 1 fully saturated rings. The molecule has 78 valence electrons. The number of aromatic nitrogens is 2. The molecule has 0 atom stereocenters. The van der Waals surface area contributed by atoms with E-state index in [2.05, 4.69) is 10.2 Å². The molecule has 1 aromatic heterocycles. The van der Waals surface area contributed by atoms with Crippen molar-refractivity contribution in [3.05, 3.63) is 9.47 Å². The summed E-state index contributed by atoms with van der Waals surface area (Å²) in [6.45, 7) is 2.86. The first-order chi connectivity index (χ1) is 6.78. The van der Waals surface area contributed by atoms with Crippen molar-refractivity contribution in [3.8, 4) is 0 Å². The molecule has 1 saturated carbocycles. The maximum absolute atomic E-state index is 5.70. The van der Waals surface area contributed by atoms with Gasteiger partial charge in [0.1, 0.15) is 5.01 Å². The molecule has 1 aromatic rings. The molecule has 14 heavy (non-hydrogen) atoms. The minimum Gasteiger partial charge on any atom is -0.378 e. The largest absolute Gasteiger partial charge is 0.378 e. The molecule has 1 aliphatic carbocycles. The van der Waals surface area contributed by atoms with E-state index < -0.39 is 0 Å². The second kappa shape index (κ2) is 4.55. The minimum absolute atomic E-state index is 0.480. The highest BCUT2D eigenvalue weighted by atomic mass is 35.5. The van der Waals surface area contributed by atoms with Gasteiger partial charge < -0.3 is 4.74 Å². The highest BCUT2D eigenvalue weighted by Crippen LogP contribution is 2.33. The molecular weight excluding hydrogens is 220 g/mol. The van der Waals surface area contributed by atoms with E-state index in [1.54, 1.807) is 0 Å². The van der Waals surface area contributed by atoms with Gasteiger partial charge in [0.15, 0.2) is 0 Å². The summed E-state index contributed by atoms with van der Waals surface area (Å²) in [5.41, 5.74) is 0. The Bertz CT molecular complexity index is 299. The van der Waals surface area contributed by atoms with Crippen LogP contribution in [0, 0.1) is 5.92 Å². The van der Waals surface area contributed by atoms with E-state index in [-0.39, 0.29) is 0 Å².